The van der Waals surface area contributed by atoms with Crippen LogP contribution in [0.1, 0.15) is 5.69 Å². The summed E-state index contributed by atoms with van der Waals surface area (Å²) >= 11 is 0. The van der Waals surface area contributed by atoms with Gasteiger partial charge in [-0.25, -0.2) is 17.4 Å². The number of benzene rings is 2. The van der Waals surface area contributed by atoms with E-state index in [-0.39, 0.29) is 17.3 Å². The number of aromatic amines is 1. The second kappa shape index (κ2) is 6.51. The first-order valence-corrected chi connectivity index (χ1v) is 9.15. The minimum absolute atomic E-state index is 0. The Hall–Kier alpha value is -2.77. The Labute approximate surface area is 157 Å². The van der Waals surface area contributed by atoms with E-state index in [1.54, 1.807) is 42.6 Å². The lowest BCUT2D eigenvalue weighted by Crippen LogP contribution is -2.11. The van der Waals surface area contributed by atoms with Crippen molar-refractivity contribution in [3.8, 4) is 11.3 Å². The summed E-state index contributed by atoms with van der Waals surface area (Å²) in [7, 11) is -3.71. The van der Waals surface area contributed by atoms with Gasteiger partial charge in [-0.3, -0.25) is 0 Å². The van der Waals surface area contributed by atoms with Gasteiger partial charge in [0.15, 0.2) is 5.95 Å². The van der Waals surface area contributed by atoms with Crippen LogP contribution in [-0.4, -0.2) is 22.4 Å². The number of rotatable bonds is 3. The Kier molecular flexibility index (Phi) is 4.52. The maximum Gasteiger partial charge on any atom is 0.268 e. The van der Waals surface area contributed by atoms with Crippen molar-refractivity contribution in [3.63, 3.8) is 0 Å². The number of H-pyrrole nitrogens is 1. The van der Waals surface area contributed by atoms with E-state index < -0.39 is 10.0 Å². The van der Waals surface area contributed by atoms with Crippen LogP contribution >= 0.6 is 12.4 Å². The van der Waals surface area contributed by atoms with Crippen molar-refractivity contribution in [2.45, 2.75) is 11.8 Å². The molecule has 134 valence electrons. The third-order valence-electron chi connectivity index (χ3n) is 4.14. The van der Waals surface area contributed by atoms with Gasteiger partial charge in [0.2, 0.25) is 0 Å². The zero-order chi connectivity index (χ0) is 17.6. The van der Waals surface area contributed by atoms with Crippen LogP contribution in [-0.2, 0) is 10.0 Å². The second-order valence-corrected chi connectivity index (χ2v) is 7.58. The molecule has 0 unspecified atom stereocenters. The van der Waals surface area contributed by atoms with Gasteiger partial charge in [-0.15, -0.1) is 12.4 Å². The SMILES string of the molecule is Cc1[nH]c(N)nc1-c1cn(S(=O)(=O)c2ccccc2)c2ccccc12.Cl. The highest BCUT2D eigenvalue weighted by Crippen LogP contribution is 2.33. The molecule has 0 saturated carbocycles. The summed E-state index contributed by atoms with van der Waals surface area (Å²) in [4.78, 5) is 7.51. The molecule has 26 heavy (non-hydrogen) atoms. The monoisotopic (exact) mass is 388 g/mol. The Morgan fingerprint density at radius 2 is 1.69 bits per heavy atom. The topological polar surface area (TPSA) is 93.8 Å². The van der Waals surface area contributed by atoms with Gasteiger partial charge in [-0.05, 0) is 25.1 Å². The molecular formula is C18H17ClN4O2S. The lowest BCUT2D eigenvalue weighted by molar-refractivity contribution is 0.589. The molecule has 0 saturated heterocycles. The Morgan fingerprint density at radius 3 is 2.35 bits per heavy atom. The predicted molar refractivity (Wildman–Crippen MR) is 105 cm³/mol. The maximum absolute atomic E-state index is 13.1. The predicted octanol–water partition coefficient (Wildman–Crippen LogP) is 3.58. The number of nitrogens with zero attached hydrogens (tertiary/aromatic N) is 2. The van der Waals surface area contributed by atoms with Crippen molar-refractivity contribution in [1.29, 1.82) is 0 Å². The number of nitrogen functional groups attached to an aromatic ring is 1. The zero-order valence-electron chi connectivity index (χ0n) is 13.9. The van der Waals surface area contributed by atoms with Crippen LogP contribution in [0.5, 0.6) is 0 Å². The van der Waals surface area contributed by atoms with Gasteiger partial charge >= 0.3 is 0 Å². The Balaban J connectivity index is 0.00000196. The van der Waals surface area contributed by atoms with Crippen molar-refractivity contribution in [2.24, 2.45) is 0 Å². The number of halogens is 1. The summed E-state index contributed by atoms with van der Waals surface area (Å²) < 4.78 is 27.5. The molecule has 6 nitrogen and oxygen atoms in total. The smallest absolute Gasteiger partial charge is 0.268 e. The normalized spacial score (nSPS) is 11.4. The molecule has 0 fully saturated rings. The van der Waals surface area contributed by atoms with E-state index in [1.165, 1.54) is 3.97 Å². The second-order valence-electron chi connectivity index (χ2n) is 5.77. The fraction of sp³-hybridized carbons (Fsp3) is 0.0556. The molecular weight excluding hydrogens is 372 g/mol. The largest absolute Gasteiger partial charge is 0.369 e. The van der Waals surface area contributed by atoms with Gasteiger partial charge in [-0.2, -0.15) is 0 Å². The number of nitrogens with one attached hydrogen (secondary N) is 1. The molecule has 0 bridgehead atoms. The van der Waals surface area contributed by atoms with E-state index in [1.807, 2.05) is 25.1 Å². The van der Waals surface area contributed by atoms with Crippen LogP contribution in [0.15, 0.2) is 65.7 Å². The molecule has 0 aliphatic rings. The van der Waals surface area contributed by atoms with E-state index in [9.17, 15) is 8.42 Å². The molecule has 0 radical (unpaired) electrons. The van der Waals surface area contributed by atoms with E-state index in [4.69, 9.17) is 5.73 Å². The first-order chi connectivity index (χ1) is 12.0. The number of fused-ring (bicyclic) bond motifs is 1. The van der Waals surface area contributed by atoms with Crippen LogP contribution in [0, 0.1) is 6.92 Å². The Morgan fingerprint density at radius 1 is 1.04 bits per heavy atom. The summed E-state index contributed by atoms with van der Waals surface area (Å²) in [6, 6.07) is 15.7. The van der Waals surface area contributed by atoms with Crippen molar-refractivity contribution in [1.82, 2.24) is 13.9 Å². The van der Waals surface area contributed by atoms with Crippen LogP contribution in [0.4, 0.5) is 5.95 Å². The van der Waals surface area contributed by atoms with Crippen molar-refractivity contribution < 1.29 is 8.42 Å². The number of imidazole rings is 1. The highest BCUT2D eigenvalue weighted by atomic mass is 35.5. The molecule has 0 spiro atoms. The van der Waals surface area contributed by atoms with Crippen molar-refractivity contribution >= 4 is 39.3 Å². The summed E-state index contributed by atoms with van der Waals surface area (Å²) in [5.41, 5.74) is 8.51. The number of aryl methyl sites for hydroxylation is 1. The third kappa shape index (κ3) is 2.75. The Bertz CT molecular complexity index is 1180. The van der Waals surface area contributed by atoms with Gasteiger partial charge in [0.1, 0.15) is 0 Å². The zero-order valence-corrected chi connectivity index (χ0v) is 15.5. The standard InChI is InChI=1S/C18H16N4O2S.ClH/c1-12-17(21-18(19)20-12)15-11-22(16-10-6-5-9-14(15)16)25(23,24)13-7-3-2-4-8-13;/h2-11H,1H3,(H3,19,20,21);1H. The summed E-state index contributed by atoms with van der Waals surface area (Å²) in [5.74, 6) is 0.301. The van der Waals surface area contributed by atoms with Crippen LogP contribution in [0.25, 0.3) is 22.2 Å². The first-order valence-electron chi connectivity index (χ1n) is 7.71. The van der Waals surface area contributed by atoms with Gasteiger partial charge in [-0.1, -0.05) is 36.4 Å². The van der Waals surface area contributed by atoms with Gasteiger partial charge in [0, 0.05) is 22.8 Å². The first kappa shape index (κ1) is 18.0. The van der Waals surface area contributed by atoms with Crippen molar-refractivity contribution in [2.75, 3.05) is 5.73 Å². The van der Waals surface area contributed by atoms with Gasteiger partial charge in [0.05, 0.1) is 16.1 Å². The number of aromatic nitrogens is 3. The minimum atomic E-state index is -3.71. The van der Waals surface area contributed by atoms with E-state index >= 15 is 0 Å². The molecule has 0 aliphatic heterocycles. The molecule has 8 heteroatoms. The highest BCUT2D eigenvalue weighted by molar-refractivity contribution is 7.90. The number of hydrogen-bond donors (Lipinski definition) is 2. The molecule has 2 aromatic carbocycles. The molecule has 0 aliphatic carbocycles. The van der Waals surface area contributed by atoms with Crippen LogP contribution in [0.2, 0.25) is 0 Å². The van der Waals surface area contributed by atoms with Crippen molar-refractivity contribution in [3.05, 3.63) is 66.5 Å². The number of hydrogen-bond acceptors (Lipinski definition) is 4. The van der Waals surface area contributed by atoms with Crippen LogP contribution in [0.3, 0.4) is 0 Å². The van der Waals surface area contributed by atoms with Gasteiger partial charge < -0.3 is 10.7 Å². The molecule has 4 aromatic rings. The summed E-state index contributed by atoms with van der Waals surface area (Å²) in [6.07, 6.45) is 1.61. The number of anilines is 1. The average Bonchev–Trinajstić information content (AvgIpc) is 3.15. The highest BCUT2D eigenvalue weighted by Gasteiger charge is 2.23. The molecule has 2 aromatic heterocycles. The fourth-order valence-corrected chi connectivity index (χ4v) is 4.38. The molecule has 3 N–H and O–H groups in total. The van der Waals surface area contributed by atoms with E-state index in [0.717, 1.165) is 16.6 Å². The molecule has 2 heterocycles. The maximum atomic E-state index is 13.1. The number of para-hydroxylation sites is 1. The quantitative estimate of drug-likeness (QED) is 0.560. The fourth-order valence-electron chi connectivity index (χ4n) is 2.99. The third-order valence-corrected chi connectivity index (χ3v) is 5.82. The number of nitrogens with two attached hydrogens (primary N) is 1. The molecule has 0 atom stereocenters. The lowest BCUT2D eigenvalue weighted by Gasteiger charge is -2.07. The van der Waals surface area contributed by atoms with E-state index in [2.05, 4.69) is 9.97 Å². The summed E-state index contributed by atoms with van der Waals surface area (Å²) in [6.45, 7) is 1.86. The molecule has 0 amide bonds. The van der Waals surface area contributed by atoms with Crippen LogP contribution < -0.4 is 5.73 Å². The summed E-state index contributed by atoms with van der Waals surface area (Å²) in [5, 5.41) is 0.802. The molecule has 4 rings (SSSR count). The van der Waals surface area contributed by atoms with Gasteiger partial charge in [0.25, 0.3) is 10.0 Å². The van der Waals surface area contributed by atoms with E-state index in [0.29, 0.717) is 17.2 Å². The lowest BCUT2D eigenvalue weighted by atomic mass is 10.1. The minimum Gasteiger partial charge on any atom is -0.369 e. The average molecular weight is 389 g/mol.